The fourth-order valence-electron chi connectivity index (χ4n) is 9.36. The van der Waals surface area contributed by atoms with Gasteiger partial charge in [-0.3, -0.25) is 23.2 Å². The number of carboxylic acid groups (broad SMARTS) is 2. The van der Waals surface area contributed by atoms with E-state index >= 15 is 0 Å². The fraction of sp³-hybridized carbons (Fsp3) is 0.0769. The molecule has 2 aliphatic heterocycles. The van der Waals surface area contributed by atoms with Crippen LogP contribution in [-0.2, 0) is 60.7 Å². The molecule has 4 aromatic carbocycles. The highest BCUT2D eigenvalue weighted by Crippen LogP contribution is 2.55. The number of pyridine rings is 2. The average Bonchev–Trinajstić information content (AvgIpc) is 0.724. The Kier molecular flexibility index (Phi) is 18.8. The number of carbonyl (C=O) groups is 2. The van der Waals surface area contributed by atoms with Gasteiger partial charge in [-0.2, -0.15) is 33.7 Å². The second-order valence-electron chi connectivity index (χ2n) is 20.2. The van der Waals surface area contributed by atoms with Crippen molar-refractivity contribution in [3.8, 4) is 34.8 Å². The third kappa shape index (κ3) is 15.2. The first-order chi connectivity index (χ1) is 46.8. The van der Waals surface area contributed by atoms with E-state index < -0.39 is 170 Å². The van der Waals surface area contributed by atoms with E-state index in [1.165, 1.54) is 42.7 Å². The van der Waals surface area contributed by atoms with E-state index in [2.05, 4.69) is 71.8 Å². The molecule has 4 aromatic heterocycles. The molecule has 1 aliphatic carbocycles. The van der Waals surface area contributed by atoms with Crippen LogP contribution in [-0.4, -0.2) is 161 Å². The van der Waals surface area contributed by atoms with Gasteiger partial charge in [-0.05, 0) is 105 Å². The lowest BCUT2D eigenvalue weighted by molar-refractivity contribution is -0.604. The van der Waals surface area contributed by atoms with Crippen molar-refractivity contribution in [1.82, 2.24) is 34.9 Å². The summed E-state index contributed by atoms with van der Waals surface area (Å²) in [6, 6.07) is 13.6. The first-order valence-corrected chi connectivity index (χ1v) is 36.4. The SMILES string of the molecule is O=C(O)c1ccc[n+](-c2nc(NCCN=c3ccc4nc5c(Cl)c6c(c(Cl)c5oc-4c3S(=O)(=O)[O-])Nc3ccc(NCCNc4nc(Nc5cc(S(=O)(=O)O)ccc5S(=O)(=O)O)nc(-[n+]5cccc(C(=O)O)c5)n4)c(S(=O)(=O)[O-])c3O6)nc(Nc3cc(S(=O)(=O)O)ccc3S(=O)(=O)O)n2)c1. The summed E-state index contributed by atoms with van der Waals surface area (Å²) in [4.78, 5) is 51.9. The highest BCUT2D eigenvalue weighted by molar-refractivity contribution is 7.87. The van der Waals surface area contributed by atoms with Crippen LogP contribution in [0.2, 0.25) is 10.0 Å². The number of anilines is 9. The van der Waals surface area contributed by atoms with E-state index in [1.807, 2.05) is 0 Å². The van der Waals surface area contributed by atoms with Gasteiger partial charge in [-0.25, -0.2) is 40.5 Å². The number of halogens is 2. The van der Waals surface area contributed by atoms with Crippen molar-refractivity contribution in [3.05, 3.63) is 136 Å². The van der Waals surface area contributed by atoms with Crippen LogP contribution < -0.4 is 51.1 Å². The maximum atomic E-state index is 13.2. The Bertz CT molecular complexity index is 5930. The zero-order valence-corrected chi connectivity index (χ0v) is 55.3. The molecule has 48 heteroatoms. The monoisotopic (exact) mass is 1530 g/mol. The Morgan fingerprint density at radius 2 is 1.05 bits per heavy atom. The van der Waals surface area contributed by atoms with E-state index in [9.17, 15) is 97.6 Å². The molecule has 0 radical (unpaired) electrons. The minimum absolute atomic E-state index is 0.223. The molecule has 0 fully saturated rings. The molecular formula is C52H38Cl2N16O24S6. The minimum Gasteiger partial charge on any atom is -0.744 e. The summed E-state index contributed by atoms with van der Waals surface area (Å²) in [5.41, 5.74) is -3.91. The number of nitrogens with one attached hydrogen (secondary N) is 6. The van der Waals surface area contributed by atoms with Gasteiger partial charge in [0.1, 0.15) is 66.8 Å². The molecule has 6 heterocycles. The molecule has 0 spiro atoms. The maximum absolute atomic E-state index is 13.2. The van der Waals surface area contributed by atoms with Crippen LogP contribution in [0.5, 0.6) is 11.5 Å². The van der Waals surface area contributed by atoms with Gasteiger partial charge in [0, 0.05) is 19.6 Å². The quantitative estimate of drug-likeness (QED) is 0.0189. The molecule has 0 bridgehead atoms. The van der Waals surface area contributed by atoms with Gasteiger partial charge < -0.3 is 60.4 Å². The normalized spacial score (nSPS) is 12.8. The number of aromatic carboxylic acids is 2. The number of rotatable bonds is 23. The van der Waals surface area contributed by atoms with Crippen molar-refractivity contribution < 1.29 is 116 Å². The van der Waals surface area contributed by atoms with Crippen molar-refractivity contribution in [2.75, 3.05) is 58.1 Å². The van der Waals surface area contributed by atoms with Gasteiger partial charge in [0.15, 0.2) is 22.8 Å². The van der Waals surface area contributed by atoms with Gasteiger partial charge in [0.2, 0.25) is 0 Å². The molecule has 0 amide bonds. The van der Waals surface area contributed by atoms with Crippen molar-refractivity contribution in [2.45, 2.75) is 29.4 Å². The van der Waals surface area contributed by atoms with Crippen LogP contribution in [0, 0.1) is 0 Å². The lowest BCUT2D eigenvalue weighted by Crippen LogP contribution is -2.34. The Balaban J connectivity index is 0.865. The maximum Gasteiger partial charge on any atom is 0.444 e. The summed E-state index contributed by atoms with van der Waals surface area (Å²) < 4.78 is 230. The summed E-state index contributed by atoms with van der Waals surface area (Å²) in [7, 11) is -31.2. The smallest absolute Gasteiger partial charge is 0.444 e. The highest BCUT2D eigenvalue weighted by Gasteiger charge is 2.34. The largest absolute Gasteiger partial charge is 0.744 e. The Hall–Kier alpha value is -10.6. The van der Waals surface area contributed by atoms with Crippen molar-refractivity contribution in [1.29, 1.82) is 0 Å². The van der Waals surface area contributed by atoms with E-state index in [4.69, 9.17) is 32.4 Å². The predicted molar refractivity (Wildman–Crippen MR) is 338 cm³/mol. The molecule has 0 saturated heterocycles. The standard InChI is InChI=1S/C52H38Cl2N16O24S6/c53-35-38-42(94-40-28(60-38)8-10-30(44(40)100(90,91)92)56-14-16-58-48-64-50(68-52(66-48)70-18-2-4-24(22-70)46(73)74)62-32-20-26(96(78,79)80)6-12-34(32)98(84,85)86)36(54)37-41(35)93-39-27(59-37)7-9-29(43(39)99(87,88)89)55-13-15-57-47-63-49(67-51(65-47)69-17-1-3-23(21-69)45(71)72)61-31-19-25(95(75,76)77)5-11-33(31)97(81,82)83/h1-12,17-22H,13-16H2,(H12-2,55,56,57,58,59,60,61,62,63,64,65,66,67,68,71,72,73,74,75,76,77,78,79,80,81,82,83,84,85,86,87,88,89,90,91,92). The predicted octanol–water partition coefficient (Wildman–Crippen LogP) is 3.23. The van der Waals surface area contributed by atoms with Gasteiger partial charge >= 0.3 is 47.6 Å². The van der Waals surface area contributed by atoms with Gasteiger partial charge in [0.05, 0.1) is 80.4 Å². The van der Waals surface area contributed by atoms with Crippen LogP contribution in [0.4, 0.5) is 52.2 Å². The van der Waals surface area contributed by atoms with Crippen LogP contribution in [0.25, 0.3) is 34.5 Å². The molecule has 0 unspecified atom stereocenters. The van der Waals surface area contributed by atoms with Crippen LogP contribution in [0.15, 0.2) is 148 Å². The molecule has 8 aromatic rings. The molecule has 0 atom stereocenters. The number of carboxylic acids is 2. The van der Waals surface area contributed by atoms with Crippen LogP contribution in [0.3, 0.4) is 0 Å². The third-order valence-corrected chi connectivity index (χ3v) is 19.6. The summed E-state index contributed by atoms with van der Waals surface area (Å²) in [6.45, 7) is -1.33. The Labute approximate surface area is 570 Å². The molecular weight excluding hydrogens is 1500 g/mol. The zero-order chi connectivity index (χ0) is 72.3. The lowest BCUT2D eigenvalue weighted by atomic mass is 10.1. The molecule has 100 heavy (non-hydrogen) atoms. The molecule has 12 N–H and O–H groups in total. The lowest BCUT2D eigenvalue weighted by Gasteiger charge is -2.28. The molecule has 40 nitrogen and oxygen atoms in total. The molecule has 11 rings (SSSR count). The van der Waals surface area contributed by atoms with Gasteiger partial charge in [-0.1, -0.05) is 23.2 Å². The number of fused-ring (bicyclic) bond motifs is 4. The van der Waals surface area contributed by atoms with Gasteiger partial charge in [-0.15, -0.1) is 9.97 Å². The number of hydrogen-bond donors (Lipinski definition) is 12. The first-order valence-electron chi connectivity index (χ1n) is 27.1. The summed E-state index contributed by atoms with van der Waals surface area (Å²) in [6.07, 6.45) is 4.77. The second-order valence-corrected chi connectivity index (χ2v) is 29.3. The summed E-state index contributed by atoms with van der Waals surface area (Å²) >= 11 is 13.8. The topological polar surface area (TPSA) is 611 Å². The van der Waals surface area contributed by atoms with E-state index in [0.717, 1.165) is 39.7 Å². The Morgan fingerprint density at radius 1 is 0.550 bits per heavy atom. The number of nitrogens with zero attached hydrogens (tertiary/aromatic N) is 10. The summed E-state index contributed by atoms with van der Waals surface area (Å²) in [5, 5.41) is 33.8. The van der Waals surface area contributed by atoms with E-state index in [-0.39, 0.29) is 82.8 Å². The number of benzene rings is 5. The molecule has 3 aliphatic rings. The first kappa shape index (κ1) is 70.7. The number of ether oxygens (including phenoxy) is 1. The van der Waals surface area contributed by atoms with Crippen LogP contribution in [0.1, 0.15) is 20.7 Å². The average molecular weight is 1530 g/mol. The van der Waals surface area contributed by atoms with E-state index in [1.54, 1.807) is 0 Å². The van der Waals surface area contributed by atoms with Crippen LogP contribution >= 0.6 is 23.2 Å². The summed E-state index contributed by atoms with van der Waals surface area (Å²) in [5.74, 6) is -7.11. The zero-order valence-electron chi connectivity index (χ0n) is 48.9. The van der Waals surface area contributed by atoms with Crippen molar-refractivity contribution in [2.24, 2.45) is 4.99 Å². The molecule has 0 saturated carbocycles. The number of aromatic nitrogens is 9. The third-order valence-electron chi connectivity index (χ3n) is 13.6. The minimum atomic E-state index is -5.58. The fourth-order valence-corrected chi connectivity index (χ4v) is 13.7. The van der Waals surface area contributed by atoms with Crippen molar-refractivity contribution >= 4 is 159 Å². The van der Waals surface area contributed by atoms with E-state index in [0.29, 0.717) is 36.4 Å². The van der Waals surface area contributed by atoms with Gasteiger partial charge in [0.25, 0.3) is 40.5 Å². The highest BCUT2D eigenvalue weighted by atomic mass is 35.5. The van der Waals surface area contributed by atoms with Crippen molar-refractivity contribution in [3.63, 3.8) is 0 Å². The molecule has 520 valence electrons. The second kappa shape index (κ2) is 26.6. The Morgan fingerprint density at radius 3 is 1.54 bits per heavy atom. The number of hydrogen-bond acceptors (Lipinski definition) is 32.